The van der Waals surface area contributed by atoms with Crippen LogP contribution in [0.3, 0.4) is 0 Å². The minimum atomic E-state index is -0.826. The monoisotopic (exact) mass is 704 g/mol. The zero-order valence-electron chi connectivity index (χ0n) is 25.9. The molecule has 1 aliphatic heterocycles. The fourth-order valence-corrected chi connectivity index (χ4v) is 7.09. The van der Waals surface area contributed by atoms with E-state index in [2.05, 4.69) is 150 Å². The molecule has 0 unspecified atom stereocenters. The average molecular weight is 707 g/mol. The maximum Gasteiger partial charge on any atom is 0.0920 e. The van der Waals surface area contributed by atoms with E-state index >= 15 is 0 Å². The standard InChI is InChI=1S/C28H29.C12H7Si.2ClH.Zr/c1-18(2)23-14-24(19(3)4)16-26(15-23)28-20(5)11-12-22-13-25(17-27(22)28)21-9-7-6-8-10-21;1-3-7-11-9(5-1)10-6-2-4-8-12(10)13-11;;;/h6-19H,1-5H3;1-7H;2*1H;/q2*-1;;;+4/p-2. The van der Waals surface area contributed by atoms with Crippen molar-refractivity contribution in [2.24, 2.45) is 0 Å². The third-order valence-corrected chi connectivity index (χ3v) is 9.51. The van der Waals surface area contributed by atoms with Gasteiger partial charge < -0.3 is 0 Å². The number of aryl methyl sites for hydroxylation is 1. The van der Waals surface area contributed by atoms with Gasteiger partial charge in [0, 0.05) is 0 Å². The number of hydrogen-bond donors (Lipinski definition) is 0. The molecule has 4 heteroatoms. The Labute approximate surface area is 284 Å². The molecule has 1 heterocycles. The number of rotatable bonds is 4. The zero-order chi connectivity index (χ0) is 31.2. The van der Waals surface area contributed by atoms with Crippen LogP contribution in [0.25, 0.3) is 44.2 Å². The van der Waals surface area contributed by atoms with Gasteiger partial charge in [-0.25, -0.2) is 0 Å². The summed E-state index contributed by atoms with van der Waals surface area (Å²) in [5.74, 6) is 1.05. The summed E-state index contributed by atoms with van der Waals surface area (Å²) in [7, 11) is 10.7. The van der Waals surface area contributed by atoms with Crippen molar-refractivity contribution >= 4 is 47.7 Å². The van der Waals surface area contributed by atoms with Gasteiger partial charge in [-0.15, -0.1) is 40.1 Å². The van der Waals surface area contributed by atoms with Gasteiger partial charge in [0.15, 0.2) is 0 Å². The first-order valence-corrected chi connectivity index (χ1v) is 22.4. The normalized spacial score (nSPS) is 11.3. The molecule has 0 saturated carbocycles. The molecular formula is C40H36Cl2SiZr. The van der Waals surface area contributed by atoms with Crippen LogP contribution in [-0.4, -0.2) is 9.52 Å². The van der Waals surface area contributed by atoms with Crippen molar-refractivity contribution in [2.75, 3.05) is 0 Å². The van der Waals surface area contributed by atoms with Crippen LogP contribution < -0.4 is 10.4 Å². The molecule has 6 aromatic rings. The van der Waals surface area contributed by atoms with E-state index in [1.165, 1.54) is 71.2 Å². The summed E-state index contributed by atoms with van der Waals surface area (Å²) in [5, 5.41) is 5.50. The summed E-state index contributed by atoms with van der Waals surface area (Å²) in [4.78, 5) is 0. The second-order valence-electron chi connectivity index (χ2n) is 11.8. The summed E-state index contributed by atoms with van der Waals surface area (Å²) in [5.41, 5.74) is 12.3. The van der Waals surface area contributed by atoms with E-state index in [0.717, 1.165) is 9.52 Å². The van der Waals surface area contributed by atoms with E-state index in [1.54, 1.807) is 0 Å². The van der Waals surface area contributed by atoms with Crippen LogP contribution in [-0.2, 0) is 20.8 Å². The van der Waals surface area contributed by atoms with Crippen LogP contribution in [0.2, 0.25) is 0 Å². The molecule has 218 valence electrons. The predicted molar refractivity (Wildman–Crippen MR) is 191 cm³/mol. The van der Waals surface area contributed by atoms with Crippen molar-refractivity contribution in [1.29, 1.82) is 0 Å². The fourth-order valence-electron chi connectivity index (χ4n) is 5.79. The zero-order valence-corrected chi connectivity index (χ0v) is 30.9. The molecule has 0 nitrogen and oxygen atoms in total. The first-order chi connectivity index (χ1) is 21.3. The summed E-state index contributed by atoms with van der Waals surface area (Å²) in [6, 6.07) is 45.2. The number of halogens is 2. The molecule has 0 saturated heterocycles. The fraction of sp³-hybridized carbons (Fsp3) is 0.175. The van der Waals surface area contributed by atoms with E-state index in [4.69, 9.17) is 17.0 Å². The number of fused-ring (bicyclic) bond motifs is 4. The summed E-state index contributed by atoms with van der Waals surface area (Å²) in [6.45, 7) is 11.4. The van der Waals surface area contributed by atoms with Gasteiger partial charge in [0.25, 0.3) is 0 Å². The SMILES string of the molecule is Cc1ccc2[cH-]c(-c3ccccc3)cc2c1-c1cc(C(C)C)cc(C(C)C)c1.[Cl][Zr+2][Cl].[c-]1cccc2c1[Si]c1ccccc1-2. The van der Waals surface area contributed by atoms with Gasteiger partial charge in [0.1, 0.15) is 0 Å². The minimum Gasteiger partial charge on any atom is -0.184 e. The van der Waals surface area contributed by atoms with Crippen molar-refractivity contribution in [2.45, 2.75) is 46.5 Å². The van der Waals surface area contributed by atoms with Crippen molar-refractivity contribution in [1.82, 2.24) is 0 Å². The first-order valence-electron chi connectivity index (χ1n) is 15.0. The Balaban J connectivity index is 0.000000198. The number of hydrogen-bond acceptors (Lipinski definition) is 0. The third-order valence-electron chi connectivity index (χ3n) is 8.14. The average Bonchev–Trinajstić information content (AvgIpc) is 3.64. The van der Waals surface area contributed by atoms with Crippen LogP contribution in [0.1, 0.15) is 56.2 Å². The van der Waals surface area contributed by atoms with Crippen molar-refractivity contribution < 1.29 is 20.8 Å². The van der Waals surface area contributed by atoms with Crippen LogP contribution in [0.15, 0.2) is 115 Å². The van der Waals surface area contributed by atoms with E-state index in [-0.39, 0.29) is 0 Å². The van der Waals surface area contributed by atoms with E-state index < -0.39 is 20.8 Å². The van der Waals surface area contributed by atoms with Crippen LogP contribution in [0.4, 0.5) is 0 Å². The Bertz CT molecular complexity index is 1780. The molecule has 0 atom stereocenters. The van der Waals surface area contributed by atoms with Crippen LogP contribution in [0, 0.1) is 13.0 Å². The van der Waals surface area contributed by atoms with Gasteiger partial charge in [-0.3, -0.25) is 0 Å². The maximum absolute atomic E-state index is 4.93. The van der Waals surface area contributed by atoms with E-state index in [9.17, 15) is 0 Å². The quantitative estimate of drug-likeness (QED) is 0.126. The second-order valence-corrected chi connectivity index (χ2v) is 16.8. The Morgan fingerprint density at radius 3 is 2.02 bits per heavy atom. The maximum atomic E-state index is 4.93. The van der Waals surface area contributed by atoms with Gasteiger partial charge in [0.2, 0.25) is 0 Å². The summed E-state index contributed by atoms with van der Waals surface area (Å²) in [6.07, 6.45) is 0. The van der Waals surface area contributed by atoms with E-state index in [0.29, 0.717) is 11.8 Å². The summed E-state index contributed by atoms with van der Waals surface area (Å²) < 4.78 is 0. The van der Waals surface area contributed by atoms with E-state index in [1.807, 2.05) is 6.07 Å². The van der Waals surface area contributed by atoms with Crippen molar-refractivity contribution in [3.63, 3.8) is 0 Å². The molecule has 0 aliphatic carbocycles. The molecule has 0 amide bonds. The molecule has 0 spiro atoms. The molecule has 0 aromatic heterocycles. The first kappa shape index (κ1) is 32.8. The Morgan fingerprint density at radius 1 is 0.705 bits per heavy atom. The molecule has 7 rings (SSSR count). The van der Waals surface area contributed by atoms with Crippen molar-refractivity contribution in [3.05, 3.63) is 138 Å². The van der Waals surface area contributed by atoms with Crippen LogP contribution >= 0.6 is 17.0 Å². The van der Waals surface area contributed by atoms with Gasteiger partial charge in [-0.2, -0.15) is 29.5 Å². The topological polar surface area (TPSA) is 0 Å². The molecule has 0 N–H and O–H groups in total. The minimum absolute atomic E-state index is 0.525. The molecule has 2 radical (unpaired) electrons. The largest absolute Gasteiger partial charge is 0.184 e. The number of benzene rings is 5. The Kier molecular flexibility index (Phi) is 11.3. The predicted octanol–water partition coefficient (Wildman–Crippen LogP) is 10.9. The smallest absolute Gasteiger partial charge is 0.0920 e. The molecular weight excluding hydrogens is 671 g/mol. The Morgan fingerprint density at radius 2 is 1.34 bits per heavy atom. The molecule has 0 bridgehead atoms. The Hall–Kier alpha value is -2.61. The second kappa shape index (κ2) is 15.1. The molecule has 0 fully saturated rings. The molecule has 44 heavy (non-hydrogen) atoms. The van der Waals surface area contributed by atoms with Gasteiger partial charge in [-0.05, 0) is 41.0 Å². The van der Waals surface area contributed by atoms with Crippen LogP contribution in [0.5, 0.6) is 0 Å². The van der Waals surface area contributed by atoms with Gasteiger partial charge >= 0.3 is 37.9 Å². The van der Waals surface area contributed by atoms with Gasteiger partial charge in [0.05, 0.1) is 9.52 Å². The summed E-state index contributed by atoms with van der Waals surface area (Å²) >= 11 is -0.826. The third kappa shape index (κ3) is 7.43. The van der Waals surface area contributed by atoms with Gasteiger partial charge in [-0.1, -0.05) is 128 Å². The van der Waals surface area contributed by atoms with Crippen molar-refractivity contribution in [3.8, 4) is 33.4 Å². The molecule has 1 aliphatic rings. The molecule has 6 aromatic carbocycles.